The molecule has 4 rings (SSSR count). The fourth-order valence-corrected chi connectivity index (χ4v) is 3.59. The van der Waals surface area contributed by atoms with Gasteiger partial charge in [-0.1, -0.05) is 18.6 Å². The number of carbonyl (C=O) groups excluding carboxylic acids is 1. The van der Waals surface area contributed by atoms with Gasteiger partial charge in [0.05, 0.1) is 30.3 Å². The van der Waals surface area contributed by atoms with Crippen molar-refractivity contribution in [2.75, 3.05) is 6.61 Å². The van der Waals surface area contributed by atoms with E-state index in [1.54, 1.807) is 30.6 Å². The molecule has 28 heavy (non-hydrogen) atoms. The van der Waals surface area contributed by atoms with Crippen LogP contribution in [0.15, 0.2) is 60.9 Å². The lowest BCUT2D eigenvalue weighted by atomic mass is 10.0. The van der Waals surface area contributed by atoms with E-state index in [-0.39, 0.29) is 23.7 Å². The molecule has 144 valence electrons. The van der Waals surface area contributed by atoms with Crippen LogP contribution in [0.5, 0.6) is 5.75 Å². The molecular weight excluding hydrogens is 359 g/mol. The number of benzene rings is 2. The van der Waals surface area contributed by atoms with Crippen molar-refractivity contribution in [1.29, 1.82) is 0 Å². The van der Waals surface area contributed by atoms with E-state index in [4.69, 9.17) is 4.74 Å². The van der Waals surface area contributed by atoms with Gasteiger partial charge < -0.3 is 10.1 Å². The summed E-state index contributed by atoms with van der Waals surface area (Å²) < 4.78 is 18.8. The predicted molar refractivity (Wildman–Crippen MR) is 102 cm³/mol. The first-order valence-electron chi connectivity index (χ1n) is 9.35. The summed E-state index contributed by atoms with van der Waals surface area (Å²) in [6.45, 7) is 0.485. The summed E-state index contributed by atoms with van der Waals surface area (Å²) in [5.74, 6) is 0.410. The Hall–Kier alpha value is -3.22. The summed E-state index contributed by atoms with van der Waals surface area (Å²) >= 11 is 0. The number of para-hydroxylation sites is 1. The maximum Gasteiger partial charge on any atom is 0.253 e. The number of carbonyl (C=O) groups is 1. The Morgan fingerprint density at radius 2 is 1.86 bits per heavy atom. The molecule has 2 aromatic carbocycles. The Morgan fingerprint density at radius 1 is 1.11 bits per heavy atom. The van der Waals surface area contributed by atoms with Crippen LogP contribution >= 0.6 is 0 Å². The van der Waals surface area contributed by atoms with Crippen LogP contribution in [0, 0.1) is 11.7 Å². The molecule has 1 aliphatic carbocycles. The molecule has 2 atom stereocenters. The van der Waals surface area contributed by atoms with Gasteiger partial charge >= 0.3 is 0 Å². The maximum atomic E-state index is 13.0. The van der Waals surface area contributed by atoms with Crippen molar-refractivity contribution in [1.82, 2.24) is 20.3 Å². The molecule has 0 saturated heterocycles. The average Bonchev–Trinajstić information content (AvgIpc) is 3.40. The molecule has 0 unspecified atom stereocenters. The minimum absolute atomic E-state index is 0.0339. The monoisotopic (exact) mass is 380 g/mol. The van der Waals surface area contributed by atoms with E-state index in [2.05, 4.69) is 15.5 Å². The fourth-order valence-electron chi connectivity index (χ4n) is 3.59. The van der Waals surface area contributed by atoms with E-state index in [1.165, 1.54) is 16.9 Å². The minimum atomic E-state index is -0.288. The third kappa shape index (κ3) is 4.03. The fraction of sp³-hybridized carbons (Fsp3) is 0.286. The van der Waals surface area contributed by atoms with E-state index < -0.39 is 0 Å². The highest BCUT2D eigenvalue weighted by molar-refractivity contribution is 5.97. The summed E-state index contributed by atoms with van der Waals surface area (Å²) in [4.78, 5) is 14.4. The van der Waals surface area contributed by atoms with Crippen LogP contribution in [0.2, 0.25) is 0 Å². The second-order valence-electron chi connectivity index (χ2n) is 6.87. The minimum Gasteiger partial charge on any atom is -0.493 e. The van der Waals surface area contributed by atoms with E-state index >= 15 is 0 Å². The van der Waals surface area contributed by atoms with Gasteiger partial charge in [0.15, 0.2) is 0 Å². The van der Waals surface area contributed by atoms with E-state index in [0.717, 1.165) is 19.3 Å². The number of nitrogens with one attached hydrogen (secondary N) is 1. The predicted octanol–water partition coefficient (Wildman–Crippen LogP) is 3.38. The number of hydrogen-bond donors (Lipinski definition) is 1. The van der Waals surface area contributed by atoms with Gasteiger partial charge in [-0.05, 0) is 49.2 Å². The molecule has 1 N–H and O–H groups in total. The van der Waals surface area contributed by atoms with E-state index in [1.807, 2.05) is 18.2 Å². The Labute approximate surface area is 162 Å². The largest absolute Gasteiger partial charge is 0.493 e. The summed E-state index contributed by atoms with van der Waals surface area (Å²) in [6, 6.07) is 13.3. The van der Waals surface area contributed by atoms with Crippen LogP contribution in [0.1, 0.15) is 29.6 Å². The molecule has 7 heteroatoms. The van der Waals surface area contributed by atoms with Crippen LogP contribution in [-0.2, 0) is 0 Å². The lowest BCUT2D eigenvalue weighted by Crippen LogP contribution is -2.39. The Balaban J connectivity index is 1.42. The summed E-state index contributed by atoms with van der Waals surface area (Å²) in [6.07, 6.45) is 6.08. The first kappa shape index (κ1) is 18.2. The molecule has 0 spiro atoms. The molecule has 1 fully saturated rings. The first-order valence-corrected chi connectivity index (χ1v) is 9.35. The van der Waals surface area contributed by atoms with Gasteiger partial charge in [-0.25, -0.2) is 4.39 Å². The quantitative estimate of drug-likeness (QED) is 0.712. The van der Waals surface area contributed by atoms with Gasteiger partial charge in [0.1, 0.15) is 11.6 Å². The Bertz CT molecular complexity index is 928. The zero-order chi connectivity index (χ0) is 19.3. The second kappa shape index (κ2) is 8.21. The van der Waals surface area contributed by atoms with Gasteiger partial charge in [0.25, 0.3) is 5.91 Å². The Kier molecular flexibility index (Phi) is 5.32. The number of rotatable bonds is 6. The summed E-state index contributed by atoms with van der Waals surface area (Å²) in [7, 11) is 0. The van der Waals surface area contributed by atoms with Crippen molar-refractivity contribution >= 4 is 5.91 Å². The summed E-state index contributed by atoms with van der Waals surface area (Å²) in [5, 5.41) is 11.4. The molecule has 6 nitrogen and oxygen atoms in total. The van der Waals surface area contributed by atoms with E-state index in [0.29, 0.717) is 23.6 Å². The van der Waals surface area contributed by atoms with Gasteiger partial charge in [-0.15, -0.1) is 0 Å². The highest BCUT2D eigenvalue weighted by Crippen LogP contribution is 2.27. The van der Waals surface area contributed by atoms with Crippen molar-refractivity contribution in [3.63, 3.8) is 0 Å². The smallest absolute Gasteiger partial charge is 0.253 e. The van der Waals surface area contributed by atoms with Gasteiger partial charge in [-0.2, -0.15) is 15.0 Å². The molecule has 1 aliphatic rings. The molecule has 0 radical (unpaired) electrons. The number of amides is 1. The molecule has 1 amide bonds. The molecule has 1 saturated carbocycles. The molecule has 3 aromatic rings. The van der Waals surface area contributed by atoms with Gasteiger partial charge in [0.2, 0.25) is 0 Å². The van der Waals surface area contributed by atoms with Crippen LogP contribution in [-0.4, -0.2) is 33.5 Å². The zero-order valence-electron chi connectivity index (χ0n) is 15.3. The third-order valence-corrected chi connectivity index (χ3v) is 5.04. The molecular formula is C21H21FN4O2. The second-order valence-corrected chi connectivity index (χ2v) is 6.87. The SMILES string of the molecule is O=C(N[C@H]1CCC[C@@H]1COc1ccc(F)cc1)c1ccccc1-n1nccn1. The number of halogens is 1. The van der Waals surface area contributed by atoms with Crippen LogP contribution in [0.3, 0.4) is 0 Å². The van der Waals surface area contributed by atoms with Crippen molar-refractivity contribution in [2.45, 2.75) is 25.3 Å². The molecule has 0 bridgehead atoms. The lowest BCUT2D eigenvalue weighted by molar-refractivity contribution is 0.0918. The molecule has 0 aliphatic heterocycles. The summed E-state index contributed by atoms with van der Waals surface area (Å²) in [5.41, 5.74) is 1.17. The van der Waals surface area contributed by atoms with Gasteiger partial charge in [-0.3, -0.25) is 4.79 Å². The average molecular weight is 380 g/mol. The zero-order valence-corrected chi connectivity index (χ0v) is 15.3. The normalized spacial score (nSPS) is 18.8. The number of aromatic nitrogens is 3. The van der Waals surface area contributed by atoms with Crippen molar-refractivity contribution in [3.8, 4) is 11.4 Å². The van der Waals surface area contributed by atoms with Crippen LogP contribution < -0.4 is 10.1 Å². The first-order chi connectivity index (χ1) is 13.7. The lowest BCUT2D eigenvalue weighted by Gasteiger charge is -2.22. The number of hydrogen-bond acceptors (Lipinski definition) is 4. The Morgan fingerprint density at radius 3 is 2.64 bits per heavy atom. The molecule has 1 aromatic heterocycles. The third-order valence-electron chi connectivity index (χ3n) is 5.04. The van der Waals surface area contributed by atoms with Gasteiger partial charge in [0, 0.05) is 12.0 Å². The maximum absolute atomic E-state index is 13.0. The molecule has 1 heterocycles. The highest BCUT2D eigenvalue weighted by Gasteiger charge is 2.30. The van der Waals surface area contributed by atoms with Crippen LogP contribution in [0.4, 0.5) is 4.39 Å². The van der Waals surface area contributed by atoms with Crippen molar-refractivity contribution < 1.29 is 13.9 Å². The number of nitrogens with zero attached hydrogens (tertiary/aromatic N) is 3. The van der Waals surface area contributed by atoms with Crippen molar-refractivity contribution in [2.24, 2.45) is 5.92 Å². The van der Waals surface area contributed by atoms with Crippen LogP contribution in [0.25, 0.3) is 5.69 Å². The number of ether oxygens (including phenoxy) is 1. The standard InChI is InChI=1S/C21H21FN4O2/c22-16-8-10-17(11-9-16)28-14-15-4-3-6-19(15)25-21(27)18-5-1-2-7-20(18)26-23-12-13-24-26/h1-2,5,7-13,15,19H,3-4,6,14H2,(H,25,27)/t15-,19+/m1/s1. The topological polar surface area (TPSA) is 69.0 Å². The van der Waals surface area contributed by atoms with E-state index in [9.17, 15) is 9.18 Å². The van der Waals surface area contributed by atoms with Crippen molar-refractivity contribution in [3.05, 3.63) is 72.3 Å². The highest BCUT2D eigenvalue weighted by atomic mass is 19.1.